The molecule has 2 aromatic heterocycles. The summed E-state index contributed by atoms with van der Waals surface area (Å²) in [6.07, 6.45) is 3.11. The molecule has 0 spiro atoms. The maximum atomic E-state index is 10.7. The van der Waals surface area contributed by atoms with E-state index < -0.39 is 5.97 Å². The second-order valence-corrected chi connectivity index (χ2v) is 3.92. The molecule has 0 aliphatic rings. The van der Waals surface area contributed by atoms with Gasteiger partial charge in [0, 0.05) is 18.5 Å². The molecule has 0 atom stereocenters. The van der Waals surface area contributed by atoms with Gasteiger partial charge in [-0.3, -0.25) is 4.98 Å². The lowest BCUT2D eigenvalue weighted by molar-refractivity contribution is 0.0696. The van der Waals surface area contributed by atoms with Crippen LogP contribution in [0.5, 0.6) is 5.88 Å². The number of aromatic carboxylic acids is 1. The average molecular weight is 236 g/mol. The van der Waals surface area contributed by atoms with Crippen molar-refractivity contribution in [3.63, 3.8) is 0 Å². The standard InChI is InChI=1S/C10H8N2O3S/c13-10(14)7-1-2-12-9(3-7)15-5-8-4-11-6-16-8/h1-4,6H,5H2,(H,13,14). The highest BCUT2D eigenvalue weighted by molar-refractivity contribution is 7.09. The highest BCUT2D eigenvalue weighted by Gasteiger charge is 2.05. The van der Waals surface area contributed by atoms with Gasteiger partial charge in [0.15, 0.2) is 0 Å². The predicted molar refractivity (Wildman–Crippen MR) is 57.6 cm³/mol. The lowest BCUT2D eigenvalue weighted by Crippen LogP contribution is -2.00. The summed E-state index contributed by atoms with van der Waals surface area (Å²) >= 11 is 1.47. The Morgan fingerprint density at radius 2 is 2.44 bits per heavy atom. The van der Waals surface area contributed by atoms with Gasteiger partial charge in [-0.05, 0) is 6.07 Å². The number of hydrogen-bond donors (Lipinski definition) is 1. The molecule has 0 bridgehead atoms. The first-order valence-corrected chi connectivity index (χ1v) is 5.33. The van der Waals surface area contributed by atoms with Crippen LogP contribution in [0.15, 0.2) is 30.0 Å². The summed E-state index contributed by atoms with van der Waals surface area (Å²) in [6.45, 7) is 0.348. The summed E-state index contributed by atoms with van der Waals surface area (Å²) in [6, 6.07) is 2.81. The number of nitrogens with zero attached hydrogens (tertiary/aromatic N) is 2. The summed E-state index contributed by atoms with van der Waals surface area (Å²) in [5.41, 5.74) is 1.87. The van der Waals surface area contributed by atoms with Gasteiger partial charge < -0.3 is 9.84 Å². The van der Waals surface area contributed by atoms with Gasteiger partial charge in [-0.25, -0.2) is 9.78 Å². The number of rotatable bonds is 4. The Bertz CT molecular complexity index is 485. The number of hydrogen-bond acceptors (Lipinski definition) is 5. The molecular weight excluding hydrogens is 228 g/mol. The van der Waals surface area contributed by atoms with E-state index in [-0.39, 0.29) is 5.56 Å². The van der Waals surface area contributed by atoms with E-state index in [9.17, 15) is 4.79 Å². The lowest BCUT2D eigenvalue weighted by atomic mass is 10.3. The molecule has 0 amide bonds. The zero-order valence-corrected chi connectivity index (χ0v) is 8.98. The van der Waals surface area contributed by atoms with Crippen LogP contribution in [0.1, 0.15) is 15.2 Å². The molecule has 6 heteroatoms. The smallest absolute Gasteiger partial charge is 0.335 e. The minimum absolute atomic E-state index is 0.161. The molecule has 0 unspecified atom stereocenters. The molecule has 16 heavy (non-hydrogen) atoms. The minimum Gasteiger partial charge on any atom is -0.478 e. The highest BCUT2D eigenvalue weighted by Crippen LogP contribution is 2.13. The number of carboxylic acids is 1. The Hall–Kier alpha value is -1.95. The Kier molecular flexibility index (Phi) is 3.11. The first-order valence-electron chi connectivity index (χ1n) is 4.45. The molecule has 0 saturated carbocycles. The topological polar surface area (TPSA) is 72.3 Å². The van der Waals surface area contributed by atoms with Gasteiger partial charge in [-0.2, -0.15) is 0 Å². The first-order chi connectivity index (χ1) is 7.75. The van der Waals surface area contributed by atoms with Crippen molar-refractivity contribution in [1.82, 2.24) is 9.97 Å². The van der Waals surface area contributed by atoms with Crippen molar-refractivity contribution in [2.45, 2.75) is 6.61 Å². The number of carbonyl (C=O) groups is 1. The third-order valence-corrected chi connectivity index (χ3v) is 2.58. The van der Waals surface area contributed by atoms with Crippen LogP contribution in [-0.4, -0.2) is 21.0 Å². The van der Waals surface area contributed by atoms with Gasteiger partial charge in [-0.15, -0.1) is 11.3 Å². The van der Waals surface area contributed by atoms with Crippen molar-refractivity contribution in [3.8, 4) is 5.88 Å². The second-order valence-electron chi connectivity index (χ2n) is 2.94. The zero-order chi connectivity index (χ0) is 11.4. The normalized spacial score (nSPS) is 10.0. The third kappa shape index (κ3) is 2.54. The summed E-state index contributed by atoms with van der Waals surface area (Å²) < 4.78 is 5.34. The third-order valence-electron chi connectivity index (χ3n) is 1.83. The summed E-state index contributed by atoms with van der Waals surface area (Å²) in [5, 5.41) is 8.77. The van der Waals surface area contributed by atoms with Crippen LogP contribution in [0.3, 0.4) is 0 Å². The first kappa shape index (κ1) is 10.6. The second kappa shape index (κ2) is 4.71. The minimum atomic E-state index is -0.995. The van der Waals surface area contributed by atoms with Crippen molar-refractivity contribution in [2.24, 2.45) is 0 Å². The van der Waals surface area contributed by atoms with E-state index in [1.807, 2.05) is 0 Å². The van der Waals surface area contributed by atoms with E-state index in [4.69, 9.17) is 9.84 Å². The van der Waals surface area contributed by atoms with Gasteiger partial charge in [0.25, 0.3) is 0 Å². The Morgan fingerprint density at radius 3 is 3.12 bits per heavy atom. The molecule has 5 nitrogen and oxygen atoms in total. The fourth-order valence-electron chi connectivity index (χ4n) is 1.08. The highest BCUT2D eigenvalue weighted by atomic mass is 32.1. The molecule has 0 saturated heterocycles. The summed E-state index contributed by atoms with van der Waals surface area (Å²) in [7, 11) is 0. The van der Waals surface area contributed by atoms with Crippen LogP contribution < -0.4 is 4.74 Å². The van der Waals surface area contributed by atoms with Crippen molar-refractivity contribution in [3.05, 3.63) is 40.5 Å². The predicted octanol–water partition coefficient (Wildman–Crippen LogP) is 1.82. The maximum Gasteiger partial charge on any atom is 0.335 e. The number of aromatic nitrogens is 2. The fourth-order valence-corrected chi connectivity index (χ4v) is 1.59. The summed E-state index contributed by atoms with van der Waals surface area (Å²) in [4.78, 5) is 19.5. The molecule has 2 heterocycles. The molecule has 0 aliphatic heterocycles. The van der Waals surface area contributed by atoms with Crippen molar-refractivity contribution < 1.29 is 14.6 Å². The Balaban J connectivity index is 2.04. The van der Waals surface area contributed by atoms with Crippen LogP contribution in [-0.2, 0) is 6.61 Å². The van der Waals surface area contributed by atoms with Gasteiger partial charge in [0.05, 0.1) is 16.0 Å². The largest absolute Gasteiger partial charge is 0.478 e. The Labute approximate surface area is 95.4 Å². The average Bonchev–Trinajstić information content (AvgIpc) is 2.79. The van der Waals surface area contributed by atoms with Gasteiger partial charge in [0.2, 0.25) is 5.88 Å². The van der Waals surface area contributed by atoms with Gasteiger partial charge in [-0.1, -0.05) is 0 Å². The van der Waals surface area contributed by atoms with Crippen molar-refractivity contribution >= 4 is 17.3 Å². The zero-order valence-electron chi connectivity index (χ0n) is 8.16. The molecule has 0 aromatic carbocycles. The van der Waals surface area contributed by atoms with E-state index in [1.54, 1.807) is 11.7 Å². The molecule has 0 fully saturated rings. The van der Waals surface area contributed by atoms with E-state index >= 15 is 0 Å². The van der Waals surface area contributed by atoms with Crippen LogP contribution in [0.4, 0.5) is 0 Å². The summed E-state index contributed by atoms with van der Waals surface area (Å²) in [5.74, 6) is -0.696. The molecule has 1 N–H and O–H groups in total. The number of pyridine rings is 1. The van der Waals surface area contributed by atoms with Crippen molar-refractivity contribution in [2.75, 3.05) is 0 Å². The molecule has 82 valence electrons. The van der Waals surface area contributed by atoms with E-state index in [2.05, 4.69) is 9.97 Å². The van der Waals surface area contributed by atoms with Crippen LogP contribution in [0, 0.1) is 0 Å². The number of ether oxygens (including phenoxy) is 1. The molecule has 2 aromatic rings. The van der Waals surface area contributed by atoms with Gasteiger partial charge in [0.1, 0.15) is 6.61 Å². The van der Waals surface area contributed by atoms with Gasteiger partial charge >= 0.3 is 5.97 Å². The van der Waals surface area contributed by atoms with Crippen LogP contribution >= 0.6 is 11.3 Å². The monoisotopic (exact) mass is 236 g/mol. The van der Waals surface area contributed by atoms with E-state index in [0.29, 0.717) is 12.5 Å². The molecule has 0 radical (unpaired) electrons. The van der Waals surface area contributed by atoms with Crippen LogP contribution in [0.25, 0.3) is 0 Å². The Morgan fingerprint density at radius 1 is 1.56 bits per heavy atom. The van der Waals surface area contributed by atoms with E-state index in [1.165, 1.54) is 29.7 Å². The maximum absolute atomic E-state index is 10.7. The number of carboxylic acid groups (broad SMARTS) is 1. The SMILES string of the molecule is O=C(O)c1ccnc(OCc2cncs2)c1. The number of thiazole rings is 1. The molecule has 2 rings (SSSR count). The van der Waals surface area contributed by atoms with Crippen molar-refractivity contribution in [1.29, 1.82) is 0 Å². The lowest BCUT2D eigenvalue weighted by Gasteiger charge is -2.03. The fraction of sp³-hybridized carbons (Fsp3) is 0.100. The van der Waals surface area contributed by atoms with E-state index in [0.717, 1.165) is 4.88 Å². The molecule has 0 aliphatic carbocycles. The quantitative estimate of drug-likeness (QED) is 0.876. The molecular formula is C10H8N2O3S. The van der Waals surface area contributed by atoms with Crippen LogP contribution in [0.2, 0.25) is 0 Å².